The van der Waals surface area contributed by atoms with Gasteiger partial charge < -0.3 is 25.0 Å². The van der Waals surface area contributed by atoms with E-state index in [-0.39, 0.29) is 35.5 Å². The summed E-state index contributed by atoms with van der Waals surface area (Å²) in [5, 5.41) is 5.72. The molecule has 2 N–H and O–H groups in total. The Morgan fingerprint density at radius 3 is 2.44 bits per heavy atom. The van der Waals surface area contributed by atoms with Gasteiger partial charge in [0.15, 0.2) is 0 Å². The van der Waals surface area contributed by atoms with E-state index in [9.17, 15) is 13.6 Å². The molecule has 3 rings (SSSR count). The molecule has 1 saturated heterocycles. The molecule has 186 valence electrons. The van der Waals surface area contributed by atoms with Crippen molar-refractivity contribution in [3.8, 4) is 5.88 Å². The molecule has 0 bridgehead atoms. The second kappa shape index (κ2) is 11.8. The average molecular weight is 478 g/mol. The van der Waals surface area contributed by atoms with E-state index in [0.29, 0.717) is 44.3 Å². The van der Waals surface area contributed by atoms with Crippen molar-refractivity contribution >= 4 is 23.3 Å². The Bertz CT molecular complexity index is 966. The first kappa shape index (κ1) is 25.5. The number of aromatic nitrogens is 2. The molecule has 10 heteroatoms. The van der Waals surface area contributed by atoms with E-state index in [0.717, 1.165) is 18.6 Å². The summed E-state index contributed by atoms with van der Waals surface area (Å²) in [5.41, 5.74) is 0.0903. The van der Waals surface area contributed by atoms with Gasteiger partial charge in [0, 0.05) is 50.7 Å². The molecule has 34 heavy (non-hydrogen) atoms. The number of hydrogen-bond acceptors (Lipinski definition) is 7. The van der Waals surface area contributed by atoms with E-state index < -0.39 is 11.6 Å². The number of carbonyl (C=O) groups is 1. The second-order valence-electron chi connectivity index (χ2n) is 9.02. The molecule has 2 aromatic rings. The maximum absolute atomic E-state index is 14.6. The highest BCUT2D eigenvalue weighted by molar-refractivity contribution is 5.68. The van der Waals surface area contributed by atoms with Gasteiger partial charge in [0.1, 0.15) is 29.9 Å². The van der Waals surface area contributed by atoms with E-state index in [4.69, 9.17) is 9.47 Å². The number of anilines is 3. The Morgan fingerprint density at radius 2 is 1.76 bits per heavy atom. The third-order valence-electron chi connectivity index (χ3n) is 5.32. The molecule has 8 nitrogen and oxygen atoms in total. The van der Waals surface area contributed by atoms with Crippen LogP contribution in [0.2, 0.25) is 0 Å². The number of halogens is 2. The summed E-state index contributed by atoms with van der Waals surface area (Å²) in [6, 6.07) is 3.77. The SMILES string of the molecule is CC(C)CCNc1cc(F)c(Nc2cc(OC3CCN(C(=O)OC(C)C)CC3)ncn2)cc1F. The van der Waals surface area contributed by atoms with E-state index in [1.165, 1.54) is 12.4 Å². The molecule has 1 aromatic heterocycles. The van der Waals surface area contributed by atoms with Crippen molar-refractivity contribution in [1.29, 1.82) is 0 Å². The van der Waals surface area contributed by atoms with Crippen molar-refractivity contribution in [2.24, 2.45) is 5.92 Å². The van der Waals surface area contributed by atoms with Crippen molar-refractivity contribution in [3.63, 3.8) is 0 Å². The quantitative estimate of drug-likeness (QED) is 0.504. The molecule has 1 aliphatic heterocycles. The monoisotopic (exact) mass is 477 g/mol. The first-order valence-electron chi connectivity index (χ1n) is 11.7. The maximum Gasteiger partial charge on any atom is 0.410 e. The van der Waals surface area contributed by atoms with Crippen LogP contribution in [0.4, 0.5) is 30.8 Å². The molecular formula is C24H33F2N5O3. The third kappa shape index (κ3) is 7.43. The van der Waals surface area contributed by atoms with Gasteiger partial charge in [-0.15, -0.1) is 0 Å². The van der Waals surface area contributed by atoms with Gasteiger partial charge in [0.05, 0.1) is 17.5 Å². The Labute approximate surface area is 199 Å². The van der Waals surface area contributed by atoms with E-state index in [1.807, 2.05) is 13.8 Å². The predicted octanol–water partition coefficient (Wildman–Crippen LogP) is 5.34. The smallest absolute Gasteiger partial charge is 0.410 e. The number of rotatable bonds is 9. The zero-order valence-corrected chi connectivity index (χ0v) is 20.1. The first-order chi connectivity index (χ1) is 16.2. The molecule has 0 saturated carbocycles. The standard InChI is InChI=1S/C24H33F2N5O3/c1-15(2)5-8-27-20-11-19(26)21(12-18(20)25)30-22-13-23(29-14-28-22)34-17-6-9-31(10-7-17)24(32)33-16(3)4/h11-17,27H,5-10H2,1-4H3,(H,28,29,30). The van der Waals surface area contributed by atoms with Crippen molar-refractivity contribution in [2.45, 2.75) is 59.2 Å². The number of amides is 1. The van der Waals surface area contributed by atoms with Gasteiger partial charge in [-0.3, -0.25) is 0 Å². The number of carbonyl (C=O) groups excluding carboxylic acids is 1. The molecule has 0 aliphatic carbocycles. The van der Waals surface area contributed by atoms with Gasteiger partial charge in [0.25, 0.3) is 0 Å². The lowest BCUT2D eigenvalue weighted by Crippen LogP contribution is -2.42. The lowest BCUT2D eigenvalue weighted by atomic mass is 10.1. The fourth-order valence-electron chi connectivity index (χ4n) is 3.49. The lowest BCUT2D eigenvalue weighted by molar-refractivity contribution is 0.0507. The van der Waals surface area contributed by atoms with Crippen LogP contribution < -0.4 is 15.4 Å². The van der Waals surface area contributed by atoms with Gasteiger partial charge in [-0.05, 0) is 26.2 Å². The van der Waals surface area contributed by atoms with Crippen molar-refractivity contribution in [1.82, 2.24) is 14.9 Å². The molecule has 1 fully saturated rings. The fourth-order valence-corrected chi connectivity index (χ4v) is 3.49. The number of hydrogen-bond donors (Lipinski definition) is 2. The molecule has 1 amide bonds. The molecule has 0 spiro atoms. The van der Waals surface area contributed by atoms with Crippen molar-refractivity contribution in [2.75, 3.05) is 30.3 Å². The van der Waals surface area contributed by atoms with Crippen LogP contribution in [0.5, 0.6) is 5.88 Å². The number of benzene rings is 1. The summed E-state index contributed by atoms with van der Waals surface area (Å²) < 4.78 is 40.2. The number of ether oxygens (including phenoxy) is 2. The summed E-state index contributed by atoms with van der Waals surface area (Å²) in [6.45, 7) is 9.37. The molecule has 1 aromatic carbocycles. The molecule has 0 unspecified atom stereocenters. The topological polar surface area (TPSA) is 88.6 Å². The van der Waals surface area contributed by atoms with Gasteiger partial charge in [-0.25, -0.2) is 23.5 Å². The fraction of sp³-hybridized carbons (Fsp3) is 0.542. The molecular weight excluding hydrogens is 444 g/mol. The zero-order valence-electron chi connectivity index (χ0n) is 20.1. The van der Waals surface area contributed by atoms with Crippen LogP contribution in [-0.4, -0.2) is 52.8 Å². The van der Waals surface area contributed by atoms with Gasteiger partial charge in [-0.1, -0.05) is 13.8 Å². The number of piperidine rings is 1. The Balaban J connectivity index is 1.57. The van der Waals surface area contributed by atoms with E-state index in [2.05, 4.69) is 34.4 Å². The normalized spacial score (nSPS) is 14.4. The third-order valence-corrected chi connectivity index (χ3v) is 5.32. The number of likely N-dealkylation sites (tertiary alicyclic amines) is 1. The van der Waals surface area contributed by atoms with E-state index in [1.54, 1.807) is 4.90 Å². The van der Waals surface area contributed by atoms with Crippen LogP contribution in [0.15, 0.2) is 24.5 Å². The zero-order chi connectivity index (χ0) is 24.7. The van der Waals surface area contributed by atoms with Crippen LogP contribution in [0.25, 0.3) is 0 Å². The Morgan fingerprint density at radius 1 is 1.09 bits per heavy atom. The van der Waals surface area contributed by atoms with Crippen LogP contribution >= 0.6 is 0 Å². The summed E-state index contributed by atoms with van der Waals surface area (Å²) in [6.07, 6.45) is 2.79. The molecule has 0 atom stereocenters. The van der Waals surface area contributed by atoms with Gasteiger partial charge in [-0.2, -0.15) is 0 Å². The van der Waals surface area contributed by atoms with Crippen LogP contribution in [-0.2, 0) is 4.74 Å². The van der Waals surface area contributed by atoms with Crippen LogP contribution in [0.1, 0.15) is 47.0 Å². The lowest BCUT2D eigenvalue weighted by Gasteiger charge is -2.31. The van der Waals surface area contributed by atoms with E-state index >= 15 is 0 Å². The Kier molecular flexibility index (Phi) is 8.84. The second-order valence-corrected chi connectivity index (χ2v) is 9.02. The molecule has 2 heterocycles. The largest absolute Gasteiger partial charge is 0.474 e. The summed E-state index contributed by atoms with van der Waals surface area (Å²) in [4.78, 5) is 21.9. The van der Waals surface area contributed by atoms with Crippen LogP contribution in [0.3, 0.4) is 0 Å². The molecule has 1 aliphatic rings. The van der Waals surface area contributed by atoms with Crippen molar-refractivity contribution in [3.05, 3.63) is 36.2 Å². The summed E-state index contributed by atoms with van der Waals surface area (Å²) in [7, 11) is 0. The first-order valence-corrected chi connectivity index (χ1v) is 11.7. The highest BCUT2D eigenvalue weighted by atomic mass is 19.1. The minimum atomic E-state index is -0.602. The highest BCUT2D eigenvalue weighted by Crippen LogP contribution is 2.27. The van der Waals surface area contributed by atoms with Gasteiger partial charge in [0.2, 0.25) is 5.88 Å². The minimum Gasteiger partial charge on any atom is -0.474 e. The van der Waals surface area contributed by atoms with Gasteiger partial charge >= 0.3 is 6.09 Å². The highest BCUT2D eigenvalue weighted by Gasteiger charge is 2.25. The summed E-state index contributed by atoms with van der Waals surface area (Å²) in [5.74, 6) is -0.101. The predicted molar refractivity (Wildman–Crippen MR) is 126 cm³/mol. The minimum absolute atomic E-state index is 0.0338. The van der Waals surface area contributed by atoms with Crippen molar-refractivity contribution < 1.29 is 23.0 Å². The molecule has 0 radical (unpaired) electrons. The Hall–Kier alpha value is -3.17. The number of nitrogens with zero attached hydrogens (tertiary/aromatic N) is 3. The number of nitrogens with one attached hydrogen (secondary N) is 2. The maximum atomic E-state index is 14.6. The summed E-state index contributed by atoms with van der Waals surface area (Å²) >= 11 is 0. The average Bonchev–Trinajstić information content (AvgIpc) is 2.77. The van der Waals surface area contributed by atoms with Crippen LogP contribution in [0, 0.1) is 17.6 Å².